The summed E-state index contributed by atoms with van der Waals surface area (Å²) >= 11 is 6.10. The predicted molar refractivity (Wildman–Crippen MR) is 103 cm³/mol. The predicted octanol–water partition coefficient (Wildman–Crippen LogP) is 3.91. The van der Waals surface area contributed by atoms with Crippen LogP contribution in [0.4, 0.5) is 11.5 Å². The first kappa shape index (κ1) is 19.1. The van der Waals surface area contributed by atoms with Crippen molar-refractivity contribution in [2.45, 2.75) is 38.1 Å². The molecule has 1 saturated carbocycles. The first-order valence-electron chi connectivity index (χ1n) is 8.84. The summed E-state index contributed by atoms with van der Waals surface area (Å²) < 4.78 is 4.67. The summed E-state index contributed by atoms with van der Waals surface area (Å²) in [6, 6.07) is 4.91. The van der Waals surface area contributed by atoms with E-state index < -0.39 is 11.9 Å². The van der Waals surface area contributed by atoms with Crippen molar-refractivity contribution in [2.75, 3.05) is 17.7 Å². The molecule has 0 bridgehead atoms. The van der Waals surface area contributed by atoms with Crippen molar-refractivity contribution in [3.63, 3.8) is 0 Å². The second kappa shape index (κ2) is 8.81. The van der Waals surface area contributed by atoms with Gasteiger partial charge in [-0.05, 0) is 31.0 Å². The molecule has 142 valence electrons. The van der Waals surface area contributed by atoms with Crippen LogP contribution < -0.4 is 10.6 Å². The minimum atomic E-state index is -0.514. The summed E-state index contributed by atoms with van der Waals surface area (Å²) in [7, 11) is 1.29. The molecule has 1 amide bonds. The van der Waals surface area contributed by atoms with Crippen LogP contribution in [0.25, 0.3) is 0 Å². The summed E-state index contributed by atoms with van der Waals surface area (Å²) in [6.07, 6.45) is 8.93. The third-order valence-electron chi connectivity index (χ3n) is 4.48. The number of carbonyl (C=O) groups excluding carboxylic acids is 2. The van der Waals surface area contributed by atoms with Gasteiger partial charge in [0.15, 0.2) is 0 Å². The molecule has 8 heteroatoms. The number of aromatic nitrogens is 2. The van der Waals surface area contributed by atoms with Crippen molar-refractivity contribution < 1.29 is 14.3 Å². The topological polar surface area (TPSA) is 93.2 Å². The lowest BCUT2D eigenvalue weighted by molar-refractivity contribution is 0.0600. The molecule has 7 nitrogen and oxygen atoms in total. The highest BCUT2D eigenvalue weighted by molar-refractivity contribution is 6.34. The molecule has 0 aliphatic heterocycles. The maximum atomic E-state index is 12.4. The van der Waals surface area contributed by atoms with Crippen LogP contribution in [0.2, 0.25) is 5.02 Å². The Balaban J connectivity index is 1.66. The van der Waals surface area contributed by atoms with Gasteiger partial charge in [-0.1, -0.05) is 30.9 Å². The van der Waals surface area contributed by atoms with Crippen molar-refractivity contribution in [1.29, 1.82) is 0 Å². The Bertz CT molecular complexity index is 820. The molecule has 1 aliphatic rings. The van der Waals surface area contributed by atoms with Gasteiger partial charge in [0.1, 0.15) is 11.5 Å². The summed E-state index contributed by atoms with van der Waals surface area (Å²) in [6.45, 7) is 0. The Labute approximate surface area is 162 Å². The number of hydrogen-bond acceptors (Lipinski definition) is 6. The zero-order valence-electron chi connectivity index (χ0n) is 15.0. The second-order valence-electron chi connectivity index (χ2n) is 6.41. The van der Waals surface area contributed by atoms with Crippen LogP contribution in [0.3, 0.4) is 0 Å². The lowest BCUT2D eigenvalue weighted by Crippen LogP contribution is -2.23. The maximum absolute atomic E-state index is 12.4. The lowest BCUT2D eigenvalue weighted by atomic mass is 9.96. The number of rotatable bonds is 5. The molecular weight excluding hydrogens is 368 g/mol. The average molecular weight is 389 g/mol. The maximum Gasteiger partial charge on any atom is 0.337 e. The van der Waals surface area contributed by atoms with Crippen molar-refractivity contribution in [3.05, 3.63) is 46.9 Å². The van der Waals surface area contributed by atoms with E-state index in [1.54, 1.807) is 6.20 Å². The van der Waals surface area contributed by atoms with Crippen LogP contribution in [0, 0.1) is 0 Å². The molecule has 0 saturated heterocycles. The molecule has 1 fully saturated rings. The Morgan fingerprint density at radius 3 is 2.59 bits per heavy atom. The number of esters is 1. The van der Waals surface area contributed by atoms with E-state index in [0.717, 1.165) is 12.8 Å². The van der Waals surface area contributed by atoms with E-state index in [2.05, 4.69) is 25.3 Å². The molecule has 27 heavy (non-hydrogen) atoms. The summed E-state index contributed by atoms with van der Waals surface area (Å²) in [4.78, 5) is 32.5. The van der Waals surface area contributed by atoms with E-state index >= 15 is 0 Å². The van der Waals surface area contributed by atoms with Gasteiger partial charge < -0.3 is 15.4 Å². The lowest BCUT2D eigenvalue weighted by Gasteiger charge is -2.23. The Morgan fingerprint density at radius 2 is 1.93 bits per heavy atom. The van der Waals surface area contributed by atoms with Crippen molar-refractivity contribution in [3.8, 4) is 0 Å². The Kier molecular flexibility index (Phi) is 6.24. The highest BCUT2D eigenvalue weighted by Gasteiger charge is 2.16. The van der Waals surface area contributed by atoms with E-state index in [0.29, 0.717) is 22.6 Å². The third kappa shape index (κ3) is 4.95. The van der Waals surface area contributed by atoms with Gasteiger partial charge >= 0.3 is 5.97 Å². The number of nitrogens with zero attached hydrogens (tertiary/aromatic N) is 2. The molecule has 1 aliphatic carbocycles. The minimum Gasteiger partial charge on any atom is -0.465 e. The molecule has 0 radical (unpaired) electrons. The molecule has 0 atom stereocenters. The number of ether oxygens (including phenoxy) is 1. The molecule has 1 heterocycles. The molecule has 2 aromatic rings. The number of amides is 1. The van der Waals surface area contributed by atoms with Crippen LogP contribution in [-0.4, -0.2) is 35.0 Å². The second-order valence-corrected chi connectivity index (χ2v) is 6.81. The largest absolute Gasteiger partial charge is 0.465 e. The zero-order valence-corrected chi connectivity index (χ0v) is 15.8. The van der Waals surface area contributed by atoms with Gasteiger partial charge in [-0.3, -0.25) is 4.79 Å². The van der Waals surface area contributed by atoms with Gasteiger partial charge in [0.2, 0.25) is 0 Å². The smallest absolute Gasteiger partial charge is 0.337 e. The molecular formula is C19H21ClN4O3. The van der Waals surface area contributed by atoms with Crippen LogP contribution in [0.15, 0.2) is 30.6 Å². The first-order chi connectivity index (χ1) is 13.1. The van der Waals surface area contributed by atoms with E-state index in [1.165, 1.54) is 50.8 Å². The third-order valence-corrected chi connectivity index (χ3v) is 4.81. The molecule has 0 spiro atoms. The molecule has 2 N–H and O–H groups in total. The minimum absolute atomic E-state index is 0.156. The summed E-state index contributed by atoms with van der Waals surface area (Å²) in [5.74, 6) is -0.320. The van der Waals surface area contributed by atoms with E-state index in [4.69, 9.17) is 11.6 Å². The fraction of sp³-hybridized carbons (Fsp3) is 0.368. The quantitative estimate of drug-likeness (QED) is 0.754. The number of benzene rings is 1. The van der Waals surface area contributed by atoms with Gasteiger partial charge in [-0.15, -0.1) is 0 Å². The Hall–Kier alpha value is -2.67. The number of carbonyl (C=O) groups is 2. The fourth-order valence-electron chi connectivity index (χ4n) is 3.03. The van der Waals surface area contributed by atoms with E-state index in [-0.39, 0.29) is 11.3 Å². The molecule has 1 aromatic heterocycles. The molecule has 1 aromatic carbocycles. The van der Waals surface area contributed by atoms with Gasteiger partial charge in [0, 0.05) is 6.04 Å². The normalized spacial score (nSPS) is 14.4. The van der Waals surface area contributed by atoms with E-state index in [9.17, 15) is 9.59 Å². The Morgan fingerprint density at radius 1 is 1.15 bits per heavy atom. The first-order valence-corrected chi connectivity index (χ1v) is 9.22. The zero-order chi connectivity index (χ0) is 19.2. The molecule has 3 rings (SSSR count). The number of hydrogen-bond donors (Lipinski definition) is 2. The highest BCUT2D eigenvalue weighted by Crippen LogP contribution is 2.24. The SMILES string of the molecule is COC(=O)c1ccc(Cl)c(NC(=O)c2cnc(NC3CCCCC3)cn2)c1. The van der Waals surface area contributed by atoms with Gasteiger partial charge in [0.25, 0.3) is 5.91 Å². The fourth-order valence-corrected chi connectivity index (χ4v) is 3.19. The van der Waals surface area contributed by atoms with Crippen LogP contribution in [0.5, 0.6) is 0 Å². The van der Waals surface area contributed by atoms with Gasteiger partial charge in [-0.25, -0.2) is 14.8 Å². The summed E-state index contributed by atoms with van der Waals surface area (Å²) in [5, 5.41) is 6.30. The number of methoxy groups -OCH3 is 1. The van der Waals surface area contributed by atoms with Crippen molar-refractivity contribution >= 4 is 35.0 Å². The van der Waals surface area contributed by atoms with Crippen LogP contribution in [-0.2, 0) is 4.74 Å². The van der Waals surface area contributed by atoms with Crippen molar-refractivity contribution in [1.82, 2.24) is 9.97 Å². The van der Waals surface area contributed by atoms with Crippen molar-refractivity contribution in [2.24, 2.45) is 0 Å². The monoisotopic (exact) mass is 388 g/mol. The number of anilines is 2. The number of nitrogens with one attached hydrogen (secondary N) is 2. The van der Waals surface area contributed by atoms with Gasteiger partial charge in [-0.2, -0.15) is 0 Å². The standard InChI is InChI=1S/C19H21ClN4O3/c1-27-19(26)12-7-8-14(20)15(9-12)24-18(25)16-10-22-17(11-21-16)23-13-5-3-2-4-6-13/h7-11,13H,2-6H2,1H3,(H,22,23)(H,24,25). The molecule has 0 unspecified atom stereocenters. The average Bonchev–Trinajstić information content (AvgIpc) is 2.70. The summed E-state index contributed by atoms with van der Waals surface area (Å²) in [5.41, 5.74) is 0.745. The number of halogens is 1. The van der Waals surface area contributed by atoms with Crippen LogP contribution >= 0.6 is 11.6 Å². The van der Waals surface area contributed by atoms with Gasteiger partial charge in [0.05, 0.1) is 35.8 Å². The van der Waals surface area contributed by atoms with Crippen LogP contribution in [0.1, 0.15) is 53.0 Å². The van der Waals surface area contributed by atoms with E-state index in [1.807, 2.05) is 0 Å². The highest BCUT2D eigenvalue weighted by atomic mass is 35.5.